The molecule has 3 rings (SSSR count). The molecule has 182 valence electrons. The number of allylic oxidation sites excluding steroid dienone is 2. The molecule has 0 aliphatic carbocycles. The number of hydrogen-bond donors (Lipinski definition) is 5. The zero-order chi connectivity index (χ0) is 24.3. The van der Waals surface area contributed by atoms with Crippen LogP contribution in [0.2, 0.25) is 0 Å². The first-order chi connectivity index (χ1) is 15.4. The number of aliphatic hydroxyl groups excluding tert-OH is 1. The monoisotopic (exact) mass is 467 g/mol. The van der Waals surface area contributed by atoms with E-state index in [0.29, 0.717) is 30.5 Å². The summed E-state index contributed by atoms with van der Waals surface area (Å²) >= 11 is 0. The fraction of sp³-hybridized carbons (Fsp3) is 0.478. The maximum absolute atomic E-state index is 12.8. The third-order valence-electron chi connectivity index (χ3n) is 6.00. The van der Waals surface area contributed by atoms with Crippen LogP contribution in [0, 0.1) is 0 Å². The number of aromatic hydroxyl groups is 1. The number of phenols is 1. The molecule has 2 aliphatic heterocycles. The molecule has 2 fully saturated rings. The lowest BCUT2D eigenvalue weighted by molar-refractivity contribution is -0.137. The predicted molar refractivity (Wildman–Crippen MR) is 121 cm³/mol. The van der Waals surface area contributed by atoms with E-state index in [-0.39, 0.29) is 23.4 Å². The third-order valence-corrected chi connectivity index (χ3v) is 6.00. The van der Waals surface area contributed by atoms with E-state index < -0.39 is 17.5 Å². The van der Waals surface area contributed by atoms with Gasteiger partial charge >= 0.3 is 6.18 Å². The van der Waals surface area contributed by atoms with Crippen LogP contribution < -0.4 is 16.8 Å². The first-order valence-corrected chi connectivity index (χ1v) is 10.9. The standard InChI is InChI=1S/C23H32F3N5O2/c1-14(22(28)19-6-5-16(9-20(19)33)23(24,25)26)8-21(27)29-17-4-3-7-30(11-17)10-15(2)31-12-18(32)13-31/h5-6,8-9,17-18,29,32-33H,2-4,7,10-13,27-28H2,1H3/b21-8+,22-14-/t17-/m1/s1. The van der Waals surface area contributed by atoms with Gasteiger partial charge in [0.05, 0.1) is 17.5 Å². The number of β-amino-alcohol motifs (C(OH)–C–C–N with tert-alkyl or cyclic N) is 1. The Kier molecular flexibility index (Phi) is 7.48. The zero-order valence-corrected chi connectivity index (χ0v) is 18.7. The summed E-state index contributed by atoms with van der Waals surface area (Å²) in [4.78, 5) is 4.36. The van der Waals surface area contributed by atoms with Crippen LogP contribution in [0.4, 0.5) is 13.2 Å². The van der Waals surface area contributed by atoms with Crippen molar-refractivity contribution >= 4 is 5.70 Å². The lowest BCUT2D eigenvalue weighted by Gasteiger charge is -2.42. The van der Waals surface area contributed by atoms with E-state index in [1.807, 2.05) is 0 Å². The summed E-state index contributed by atoms with van der Waals surface area (Å²) in [5.41, 5.74) is 13.1. The molecule has 7 N–H and O–H groups in total. The van der Waals surface area contributed by atoms with Gasteiger partial charge in [0.2, 0.25) is 0 Å². The van der Waals surface area contributed by atoms with Gasteiger partial charge in [-0.15, -0.1) is 0 Å². The molecule has 7 nitrogen and oxygen atoms in total. The van der Waals surface area contributed by atoms with Gasteiger partial charge in [0.1, 0.15) is 5.75 Å². The van der Waals surface area contributed by atoms with Crippen molar-refractivity contribution in [2.24, 2.45) is 11.5 Å². The van der Waals surface area contributed by atoms with Gasteiger partial charge < -0.3 is 31.9 Å². The lowest BCUT2D eigenvalue weighted by atomic mass is 10.0. The van der Waals surface area contributed by atoms with Gasteiger partial charge in [-0.3, -0.25) is 4.90 Å². The van der Waals surface area contributed by atoms with Crippen LogP contribution in [-0.4, -0.2) is 64.9 Å². The van der Waals surface area contributed by atoms with Gasteiger partial charge in [0.15, 0.2) is 0 Å². The molecule has 0 aromatic heterocycles. The summed E-state index contributed by atoms with van der Waals surface area (Å²) in [6, 6.07) is 2.81. The Morgan fingerprint density at radius 2 is 1.97 bits per heavy atom. The largest absolute Gasteiger partial charge is 0.507 e. The van der Waals surface area contributed by atoms with Crippen molar-refractivity contribution in [1.82, 2.24) is 15.1 Å². The van der Waals surface area contributed by atoms with Crippen LogP contribution in [-0.2, 0) is 6.18 Å². The van der Waals surface area contributed by atoms with Gasteiger partial charge in [-0.25, -0.2) is 0 Å². The number of likely N-dealkylation sites (tertiary alicyclic amines) is 2. The summed E-state index contributed by atoms with van der Waals surface area (Å²) < 4.78 is 38.5. The highest BCUT2D eigenvalue weighted by molar-refractivity contribution is 5.72. The van der Waals surface area contributed by atoms with Crippen molar-refractivity contribution in [2.45, 2.75) is 38.1 Å². The van der Waals surface area contributed by atoms with Crippen LogP contribution in [0.25, 0.3) is 5.70 Å². The second kappa shape index (κ2) is 9.96. The average Bonchev–Trinajstić information content (AvgIpc) is 2.70. The van der Waals surface area contributed by atoms with E-state index in [2.05, 4.69) is 21.7 Å². The van der Waals surface area contributed by atoms with Crippen LogP contribution in [0.1, 0.15) is 30.9 Å². The van der Waals surface area contributed by atoms with Crippen LogP contribution >= 0.6 is 0 Å². The topological polar surface area (TPSA) is 111 Å². The molecule has 1 aromatic rings. The molecule has 2 saturated heterocycles. The molecule has 1 aromatic carbocycles. The van der Waals surface area contributed by atoms with Crippen molar-refractivity contribution in [3.8, 4) is 5.75 Å². The molecular formula is C23H32F3N5O2. The Labute approximate surface area is 191 Å². The number of alkyl halides is 3. The summed E-state index contributed by atoms with van der Waals surface area (Å²) in [5.74, 6) is -0.155. The Hall–Kier alpha value is -2.85. The number of nitrogens with one attached hydrogen (secondary N) is 1. The summed E-state index contributed by atoms with van der Waals surface area (Å²) in [5, 5.41) is 22.8. The van der Waals surface area contributed by atoms with E-state index in [0.717, 1.165) is 50.3 Å². The smallest absolute Gasteiger partial charge is 0.416 e. The highest BCUT2D eigenvalue weighted by Gasteiger charge is 2.31. The highest BCUT2D eigenvalue weighted by atomic mass is 19.4. The van der Waals surface area contributed by atoms with Gasteiger partial charge in [0.25, 0.3) is 0 Å². The van der Waals surface area contributed by atoms with E-state index in [9.17, 15) is 23.4 Å². The van der Waals surface area contributed by atoms with E-state index in [4.69, 9.17) is 11.5 Å². The second-order valence-electron chi connectivity index (χ2n) is 8.77. The molecule has 0 radical (unpaired) electrons. The fourth-order valence-electron chi connectivity index (χ4n) is 4.13. The summed E-state index contributed by atoms with van der Waals surface area (Å²) in [6.07, 6.45) is -1.26. The first kappa shape index (κ1) is 24.8. The zero-order valence-electron chi connectivity index (χ0n) is 18.7. The fourth-order valence-corrected chi connectivity index (χ4v) is 4.13. The number of hydrogen-bond acceptors (Lipinski definition) is 7. The van der Waals surface area contributed by atoms with Gasteiger partial charge in [-0.1, -0.05) is 6.58 Å². The van der Waals surface area contributed by atoms with Crippen molar-refractivity contribution < 1.29 is 23.4 Å². The summed E-state index contributed by atoms with van der Waals surface area (Å²) in [7, 11) is 0. The van der Waals surface area contributed by atoms with Crippen molar-refractivity contribution in [3.05, 3.63) is 59.1 Å². The van der Waals surface area contributed by atoms with Crippen molar-refractivity contribution in [1.29, 1.82) is 0 Å². The van der Waals surface area contributed by atoms with Crippen molar-refractivity contribution in [2.75, 3.05) is 32.7 Å². The minimum Gasteiger partial charge on any atom is -0.507 e. The minimum absolute atomic E-state index is 0.114. The molecule has 33 heavy (non-hydrogen) atoms. The van der Waals surface area contributed by atoms with Crippen LogP contribution in [0.5, 0.6) is 5.75 Å². The molecular weight excluding hydrogens is 435 g/mol. The summed E-state index contributed by atoms with van der Waals surface area (Å²) in [6.45, 7) is 9.52. The number of rotatable bonds is 7. The number of nitrogens with two attached hydrogens (primary N) is 2. The van der Waals surface area contributed by atoms with Gasteiger partial charge in [-0.2, -0.15) is 13.2 Å². The molecule has 0 saturated carbocycles. The first-order valence-electron chi connectivity index (χ1n) is 10.9. The Balaban J connectivity index is 1.61. The number of benzene rings is 1. The number of phenolic OH excluding ortho intramolecular Hbond substituents is 1. The van der Waals surface area contributed by atoms with E-state index in [1.165, 1.54) is 0 Å². The maximum Gasteiger partial charge on any atom is 0.416 e. The van der Waals surface area contributed by atoms with E-state index in [1.54, 1.807) is 13.0 Å². The Bertz CT molecular complexity index is 939. The molecule has 0 spiro atoms. The number of aliphatic hydroxyl groups is 1. The molecule has 0 unspecified atom stereocenters. The molecule has 10 heteroatoms. The Morgan fingerprint density at radius 3 is 2.58 bits per heavy atom. The SMILES string of the molecule is C=C(CN1CCC[C@@H](N/C(N)=C/C(C)=C(\N)c2ccc(C(F)(F)F)cc2O)C1)N1CC(O)C1. The van der Waals surface area contributed by atoms with Gasteiger partial charge in [-0.05, 0) is 56.2 Å². The normalized spacial score (nSPS) is 21.4. The van der Waals surface area contributed by atoms with Crippen LogP contribution in [0.3, 0.4) is 0 Å². The van der Waals surface area contributed by atoms with Crippen molar-refractivity contribution in [3.63, 3.8) is 0 Å². The minimum atomic E-state index is -4.55. The second-order valence-corrected chi connectivity index (χ2v) is 8.77. The number of halogens is 3. The maximum atomic E-state index is 12.8. The molecule has 0 bridgehead atoms. The number of nitrogens with zero attached hydrogens (tertiary/aromatic N) is 2. The van der Waals surface area contributed by atoms with Crippen LogP contribution in [0.15, 0.2) is 47.9 Å². The Morgan fingerprint density at radius 1 is 1.27 bits per heavy atom. The van der Waals surface area contributed by atoms with Gasteiger partial charge in [0, 0.05) is 49.2 Å². The third kappa shape index (κ3) is 6.35. The molecule has 2 aliphatic rings. The number of piperidine rings is 1. The van der Waals surface area contributed by atoms with E-state index >= 15 is 0 Å². The highest BCUT2D eigenvalue weighted by Crippen LogP contribution is 2.34. The predicted octanol–water partition coefficient (Wildman–Crippen LogP) is 2.15. The molecule has 1 atom stereocenters. The molecule has 0 amide bonds. The quantitative estimate of drug-likeness (QED) is 0.391. The average molecular weight is 468 g/mol. The lowest BCUT2D eigenvalue weighted by Crippen LogP contribution is -2.53. The molecule has 2 heterocycles.